The number of benzene rings is 2. The van der Waals surface area contributed by atoms with E-state index in [4.69, 9.17) is 0 Å². The topological polar surface area (TPSA) is 66.5 Å². The lowest BCUT2D eigenvalue weighted by Crippen LogP contribution is -2.54. The van der Waals surface area contributed by atoms with Crippen molar-refractivity contribution in [3.8, 4) is 0 Å². The van der Waals surface area contributed by atoms with Crippen molar-refractivity contribution in [2.45, 2.75) is 13.8 Å². The molecule has 0 aliphatic carbocycles. The minimum absolute atomic E-state index is 0.0880. The summed E-state index contributed by atoms with van der Waals surface area (Å²) in [4.78, 5) is 38.0. The molecule has 1 heterocycles. The Morgan fingerprint density at radius 1 is 0.923 bits per heavy atom. The van der Waals surface area contributed by atoms with E-state index in [1.165, 1.54) is 6.08 Å². The van der Waals surface area contributed by atoms with Crippen LogP contribution in [0.3, 0.4) is 0 Å². The van der Waals surface area contributed by atoms with Gasteiger partial charge in [-0.25, -0.2) is 9.69 Å². The van der Waals surface area contributed by atoms with Gasteiger partial charge in [0.25, 0.3) is 11.8 Å². The highest BCUT2D eigenvalue weighted by Gasteiger charge is 2.36. The van der Waals surface area contributed by atoms with Crippen LogP contribution in [0.15, 0.2) is 66.3 Å². The van der Waals surface area contributed by atoms with E-state index in [1.807, 2.05) is 50.2 Å². The number of rotatable bonds is 3. The molecule has 5 heteroatoms. The number of aryl methyl sites for hydroxylation is 2. The van der Waals surface area contributed by atoms with Crippen molar-refractivity contribution in [2.24, 2.45) is 0 Å². The molecule has 0 spiro atoms. The Morgan fingerprint density at radius 3 is 2.35 bits per heavy atom. The number of hydrogen-bond donors (Lipinski definition) is 1. The van der Waals surface area contributed by atoms with Crippen LogP contribution in [0.2, 0.25) is 0 Å². The van der Waals surface area contributed by atoms with Crippen molar-refractivity contribution in [1.82, 2.24) is 5.32 Å². The normalized spacial score (nSPS) is 16.5. The summed E-state index contributed by atoms with van der Waals surface area (Å²) in [6, 6.07) is 14.0. The van der Waals surface area contributed by atoms with E-state index < -0.39 is 17.8 Å². The molecular weight excluding hydrogens is 328 g/mol. The summed E-state index contributed by atoms with van der Waals surface area (Å²) < 4.78 is 0. The molecule has 3 rings (SSSR count). The first-order valence-electron chi connectivity index (χ1n) is 8.18. The van der Waals surface area contributed by atoms with Gasteiger partial charge in [-0.3, -0.25) is 14.9 Å². The number of hydrogen-bond acceptors (Lipinski definition) is 3. The second-order valence-electron chi connectivity index (χ2n) is 6.02. The van der Waals surface area contributed by atoms with Gasteiger partial charge in [-0.2, -0.15) is 0 Å². The van der Waals surface area contributed by atoms with Gasteiger partial charge in [-0.05, 0) is 48.7 Å². The van der Waals surface area contributed by atoms with Crippen LogP contribution < -0.4 is 10.2 Å². The molecule has 1 aliphatic rings. The average molecular weight is 346 g/mol. The van der Waals surface area contributed by atoms with Crippen molar-refractivity contribution in [2.75, 3.05) is 4.90 Å². The first-order valence-corrected chi connectivity index (χ1v) is 8.18. The molecule has 0 unspecified atom stereocenters. The molecule has 2 aromatic carbocycles. The fourth-order valence-corrected chi connectivity index (χ4v) is 2.60. The van der Waals surface area contributed by atoms with Gasteiger partial charge < -0.3 is 0 Å². The van der Waals surface area contributed by atoms with Gasteiger partial charge in [0, 0.05) is 0 Å². The number of nitrogens with one attached hydrogen (secondary N) is 1. The lowest BCUT2D eigenvalue weighted by Gasteiger charge is -2.26. The Labute approximate surface area is 151 Å². The third-order valence-electron chi connectivity index (χ3n) is 4.20. The van der Waals surface area contributed by atoms with Gasteiger partial charge in [0.05, 0.1) is 5.69 Å². The summed E-state index contributed by atoms with van der Waals surface area (Å²) >= 11 is 0. The zero-order valence-corrected chi connectivity index (χ0v) is 14.5. The predicted molar refractivity (Wildman–Crippen MR) is 100 cm³/mol. The fraction of sp³-hybridized carbons (Fsp3) is 0.0952. The molecule has 4 amide bonds. The number of allylic oxidation sites excluding steroid dienone is 2. The third-order valence-corrected chi connectivity index (χ3v) is 4.20. The Morgan fingerprint density at radius 2 is 1.65 bits per heavy atom. The average Bonchev–Trinajstić information content (AvgIpc) is 2.61. The molecule has 0 saturated carbocycles. The van der Waals surface area contributed by atoms with Crippen molar-refractivity contribution < 1.29 is 14.4 Å². The molecular formula is C21H18N2O3. The van der Waals surface area contributed by atoms with Crippen LogP contribution in [-0.2, 0) is 9.59 Å². The summed E-state index contributed by atoms with van der Waals surface area (Å²) in [5.74, 6) is -1.34. The number of anilines is 1. The van der Waals surface area contributed by atoms with E-state index in [0.29, 0.717) is 5.69 Å². The van der Waals surface area contributed by atoms with Crippen LogP contribution in [0.1, 0.15) is 16.7 Å². The van der Waals surface area contributed by atoms with E-state index >= 15 is 0 Å². The summed E-state index contributed by atoms with van der Waals surface area (Å²) in [7, 11) is 0. The maximum absolute atomic E-state index is 12.7. The van der Waals surface area contributed by atoms with E-state index in [2.05, 4.69) is 5.32 Å². The van der Waals surface area contributed by atoms with Gasteiger partial charge in [-0.1, -0.05) is 48.6 Å². The molecule has 0 bridgehead atoms. The minimum atomic E-state index is -0.743. The molecule has 1 N–H and O–H groups in total. The molecule has 0 atom stereocenters. The Hall–Kier alpha value is -3.47. The standard InChI is InChI=1S/C21H18N2O3/c1-14-11-12-17(13-15(14)2)23-20(25)18(19(24)22-21(23)26)10-6-9-16-7-4-3-5-8-16/h3-13H,1-2H3,(H,22,24,26). The molecule has 0 aromatic heterocycles. The van der Waals surface area contributed by atoms with E-state index in [0.717, 1.165) is 21.6 Å². The third kappa shape index (κ3) is 3.47. The highest BCUT2D eigenvalue weighted by atomic mass is 16.2. The second-order valence-corrected chi connectivity index (χ2v) is 6.02. The Bertz CT molecular complexity index is 943. The van der Waals surface area contributed by atoms with Gasteiger partial charge >= 0.3 is 6.03 Å². The lowest BCUT2D eigenvalue weighted by molar-refractivity contribution is -0.122. The number of imide groups is 2. The molecule has 1 saturated heterocycles. The second kappa shape index (κ2) is 7.19. The van der Waals surface area contributed by atoms with Crippen LogP contribution >= 0.6 is 0 Å². The predicted octanol–water partition coefficient (Wildman–Crippen LogP) is 3.53. The van der Waals surface area contributed by atoms with Crippen LogP contribution in [-0.4, -0.2) is 17.8 Å². The first-order chi connectivity index (χ1) is 12.5. The summed E-state index contributed by atoms with van der Waals surface area (Å²) in [6.07, 6.45) is 4.83. The molecule has 130 valence electrons. The summed E-state index contributed by atoms with van der Waals surface area (Å²) in [5, 5.41) is 2.22. The minimum Gasteiger partial charge on any atom is -0.273 e. The highest BCUT2D eigenvalue weighted by Crippen LogP contribution is 2.23. The molecule has 1 aliphatic heterocycles. The molecule has 5 nitrogen and oxygen atoms in total. The zero-order chi connectivity index (χ0) is 18.7. The van der Waals surface area contributed by atoms with Gasteiger partial charge in [0.2, 0.25) is 0 Å². The molecule has 0 radical (unpaired) electrons. The number of carbonyl (C=O) groups is 3. The van der Waals surface area contributed by atoms with Crippen molar-refractivity contribution in [3.05, 3.63) is 82.9 Å². The quantitative estimate of drug-likeness (QED) is 0.683. The number of carbonyl (C=O) groups excluding carboxylic acids is 3. The van der Waals surface area contributed by atoms with Gasteiger partial charge in [0.1, 0.15) is 5.57 Å². The van der Waals surface area contributed by atoms with E-state index in [1.54, 1.807) is 24.3 Å². The largest absolute Gasteiger partial charge is 0.335 e. The zero-order valence-electron chi connectivity index (χ0n) is 14.5. The lowest BCUT2D eigenvalue weighted by atomic mass is 10.1. The number of barbiturate groups is 1. The van der Waals surface area contributed by atoms with E-state index in [-0.39, 0.29) is 5.57 Å². The van der Waals surface area contributed by atoms with Crippen LogP contribution in [0.4, 0.5) is 10.5 Å². The maximum atomic E-state index is 12.7. The maximum Gasteiger partial charge on any atom is 0.335 e. The van der Waals surface area contributed by atoms with Crippen LogP contribution in [0.5, 0.6) is 0 Å². The number of urea groups is 1. The van der Waals surface area contributed by atoms with E-state index in [9.17, 15) is 14.4 Å². The van der Waals surface area contributed by atoms with Crippen molar-refractivity contribution in [3.63, 3.8) is 0 Å². The smallest absolute Gasteiger partial charge is 0.273 e. The van der Waals surface area contributed by atoms with Gasteiger partial charge in [-0.15, -0.1) is 0 Å². The fourth-order valence-electron chi connectivity index (χ4n) is 2.60. The SMILES string of the molecule is Cc1ccc(N2C(=O)NC(=O)C(=CC=Cc3ccccc3)C2=O)cc1C. The molecule has 26 heavy (non-hydrogen) atoms. The Balaban J connectivity index is 1.91. The summed E-state index contributed by atoms with van der Waals surface area (Å²) in [5.41, 5.74) is 3.29. The Kier molecular flexibility index (Phi) is 4.80. The monoisotopic (exact) mass is 346 g/mol. The van der Waals surface area contributed by atoms with Crippen LogP contribution in [0.25, 0.3) is 6.08 Å². The first kappa shape index (κ1) is 17.4. The molecule has 1 fully saturated rings. The summed E-state index contributed by atoms with van der Waals surface area (Å²) in [6.45, 7) is 3.84. The number of amides is 4. The number of nitrogens with zero attached hydrogens (tertiary/aromatic N) is 1. The molecule has 2 aromatic rings. The highest BCUT2D eigenvalue weighted by molar-refractivity contribution is 6.37. The van der Waals surface area contributed by atoms with Crippen LogP contribution in [0, 0.1) is 13.8 Å². The van der Waals surface area contributed by atoms with Crippen molar-refractivity contribution >= 4 is 29.6 Å². The van der Waals surface area contributed by atoms with Gasteiger partial charge in [0.15, 0.2) is 0 Å². The van der Waals surface area contributed by atoms with Crippen molar-refractivity contribution in [1.29, 1.82) is 0 Å².